The second-order valence-corrected chi connectivity index (χ2v) is 6.10. The van der Waals surface area contributed by atoms with Crippen molar-refractivity contribution in [3.8, 4) is 0 Å². The molecule has 0 aliphatic rings. The first-order valence-corrected chi connectivity index (χ1v) is 8.21. The van der Waals surface area contributed by atoms with Crippen molar-refractivity contribution in [2.75, 3.05) is 11.9 Å². The number of nitro benzene ring substituents is 2. The molecular formula is C17H15F2N5O4. The quantitative estimate of drug-likeness (QED) is 0.469. The van der Waals surface area contributed by atoms with Crippen molar-refractivity contribution in [2.45, 2.75) is 19.4 Å². The average molecular weight is 391 g/mol. The highest BCUT2D eigenvalue weighted by molar-refractivity contribution is 5.76. The zero-order valence-electron chi connectivity index (χ0n) is 14.6. The zero-order chi connectivity index (χ0) is 20.4. The van der Waals surface area contributed by atoms with Crippen molar-refractivity contribution < 1.29 is 18.6 Å². The average Bonchev–Trinajstić information content (AvgIpc) is 3.05. The lowest BCUT2D eigenvalue weighted by Gasteiger charge is -2.15. The maximum Gasteiger partial charge on any atom is 0.320 e. The van der Waals surface area contributed by atoms with E-state index >= 15 is 0 Å². The van der Waals surface area contributed by atoms with Crippen LogP contribution in [0.15, 0.2) is 42.5 Å². The fourth-order valence-corrected chi connectivity index (χ4v) is 2.90. The summed E-state index contributed by atoms with van der Waals surface area (Å²) in [5.74, 6) is -0.385. The number of benzene rings is 2. The van der Waals surface area contributed by atoms with Crippen LogP contribution < -0.4 is 5.32 Å². The first-order chi connectivity index (χ1) is 13.3. The molecule has 1 aromatic heterocycles. The molecule has 28 heavy (non-hydrogen) atoms. The minimum atomic E-state index is -2.79. The molecule has 1 atom stereocenters. The summed E-state index contributed by atoms with van der Waals surface area (Å²) in [7, 11) is 0. The summed E-state index contributed by atoms with van der Waals surface area (Å²) in [5, 5.41) is 24.8. The molecule has 2 aromatic carbocycles. The summed E-state index contributed by atoms with van der Waals surface area (Å²) in [6.07, 6.45) is 0. The molecule has 0 unspecified atom stereocenters. The van der Waals surface area contributed by atoms with Gasteiger partial charge >= 0.3 is 6.55 Å². The molecule has 0 spiro atoms. The molecule has 0 saturated carbocycles. The van der Waals surface area contributed by atoms with Gasteiger partial charge in [0, 0.05) is 18.5 Å². The number of aromatic nitrogens is 2. The highest BCUT2D eigenvalue weighted by atomic mass is 19.3. The van der Waals surface area contributed by atoms with E-state index in [1.54, 1.807) is 31.2 Å². The van der Waals surface area contributed by atoms with Gasteiger partial charge in [0.1, 0.15) is 11.5 Å². The second-order valence-electron chi connectivity index (χ2n) is 6.10. The molecule has 0 fully saturated rings. The lowest BCUT2D eigenvalue weighted by atomic mass is 10.1. The van der Waals surface area contributed by atoms with Crippen LogP contribution in [-0.2, 0) is 0 Å². The van der Waals surface area contributed by atoms with Crippen molar-refractivity contribution in [3.05, 3.63) is 68.5 Å². The van der Waals surface area contributed by atoms with Crippen LogP contribution in [0, 0.1) is 20.2 Å². The molecule has 1 heterocycles. The number of hydrogen-bond donors (Lipinski definition) is 1. The van der Waals surface area contributed by atoms with Crippen LogP contribution in [0.3, 0.4) is 0 Å². The fraction of sp³-hybridized carbons (Fsp3) is 0.235. The number of imidazole rings is 1. The van der Waals surface area contributed by atoms with E-state index in [1.165, 1.54) is 6.07 Å². The van der Waals surface area contributed by atoms with Crippen LogP contribution in [0.25, 0.3) is 11.0 Å². The molecule has 0 saturated heterocycles. The van der Waals surface area contributed by atoms with Gasteiger partial charge in [-0.25, -0.2) is 4.98 Å². The smallest absolute Gasteiger partial charge is 0.320 e. The molecule has 0 amide bonds. The Bertz CT molecular complexity index is 1050. The summed E-state index contributed by atoms with van der Waals surface area (Å²) in [6, 6.07) is 9.70. The SMILES string of the molecule is C[C@H](CNc1ccc([N+](=O)[O-])cc1[N+](=O)[O-])c1nc2ccccc2n1C(F)F. The molecule has 0 radical (unpaired) electrons. The number of rotatable bonds is 7. The minimum absolute atomic E-state index is 0.0576. The third-order valence-corrected chi connectivity index (χ3v) is 4.25. The second kappa shape index (κ2) is 7.55. The lowest BCUT2D eigenvalue weighted by Crippen LogP contribution is -2.16. The fourth-order valence-electron chi connectivity index (χ4n) is 2.90. The van der Waals surface area contributed by atoms with Crippen molar-refractivity contribution in [3.63, 3.8) is 0 Å². The third-order valence-electron chi connectivity index (χ3n) is 4.25. The number of alkyl halides is 2. The van der Waals surface area contributed by atoms with Crippen LogP contribution in [-0.4, -0.2) is 25.9 Å². The van der Waals surface area contributed by atoms with E-state index in [1.807, 2.05) is 0 Å². The number of halogens is 2. The van der Waals surface area contributed by atoms with Gasteiger partial charge in [-0.3, -0.25) is 24.8 Å². The first kappa shape index (κ1) is 19.1. The Morgan fingerprint density at radius 2 is 1.86 bits per heavy atom. The maximum atomic E-state index is 13.6. The normalized spacial score (nSPS) is 12.3. The molecule has 3 rings (SSSR count). The number of nitrogens with one attached hydrogen (secondary N) is 1. The van der Waals surface area contributed by atoms with E-state index in [4.69, 9.17) is 0 Å². The predicted molar refractivity (Wildman–Crippen MR) is 97.6 cm³/mol. The van der Waals surface area contributed by atoms with Gasteiger partial charge in [0.15, 0.2) is 0 Å². The first-order valence-electron chi connectivity index (χ1n) is 8.21. The van der Waals surface area contributed by atoms with Crippen LogP contribution in [0.4, 0.5) is 25.8 Å². The monoisotopic (exact) mass is 391 g/mol. The summed E-state index contributed by atoms with van der Waals surface area (Å²) < 4.78 is 27.9. The summed E-state index contributed by atoms with van der Waals surface area (Å²) in [4.78, 5) is 24.8. The Balaban J connectivity index is 1.88. The largest absolute Gasteiger partial charge is 0.379 e. The number of hydrogen-bond acceptors (Lipinski definition) is 6. The molecule has 11 heteroatoms. The molecule has 1 N–H and O–H groups in total. The van der Waals surface area contributed by atoms with Crippen LogP contribution >= 0.6 is 0 Å². The van der Waals surface area contributed by atoms with Crippen molar-refractivity contribution in [2.24, 2.45) is 0 Å². The van der Waals surface area contributed by atoms with E-state index in [0.29, 0.717) is 11.0 Å². The number of nitrogens with zero attached hydrogens (tertiary/aromatic N) is 4. The Kier molecular flexibility index (Phi) is 5.16. The Labute approximate surface area is 156 Å². The molecule has 0 aliphatic heterocycles. The third kappa shape index (κ3) is 3.59. The van der Waals surface area contributed by atoms with Crippen LogP contribution in [0.2, 0.25) is 0 Å². The summed E-state index contributed by atoms with van der Waals surface area (Å²) >= 11 is 0. The van der Waals surface area contributed by atoms with Crippen molar-refractivity contribution >= 4 is 28.1 Å². The number of fused-ring (bicyclic) bond motifs is 1. The van der Waals surface area contributed by atoms with E-state index in [2.05, 4.69) is 10.3 Å². The highest BCUT2D eigenvalue weighted by Crippen LogP contribution is 2.31. The Morgan fingerprint density at radius 3 is 2.50 bits per heavy atom. The molecular weight excluding hydrogens is 376 g/mol. The van der Waals surface area contributed by atoms with Gasteiger partial charge in [0.05, 0.1) is 26.9 Å². The molecule has 0 aliphatic carbocycles. The predicted octanol–water partition coefficient (Wildman–Crippen LogP) is 4.46. The Hall–Kier alpha value is -3.63. The van der Waals surface area contributed by atoms with Gasteiger partial charge in [0.2, 0.25) is 0 Å². The van der Waals surface area contributed by atoms with Crippen molar-refractivity contribution in [1.29, 1.82) is 0 Å². The molecule has 3 aromatic rings. The van der Waals surface area contributed by atoms with Gasteiger partial charge in [-0.05, 0) is 18.2 Å². The van der Waals surface area contributed by atoms with E-state index in [9.17, 15) is 29.0 Å². The number of non-ortho nitro benzene ring substituents is 1. The molecule has 146 valence electrons. The van der Waals surface area contributed by atoms with E-state index in [0.717, 1.165) is 16.7 Å². The van der Waals surface area contributed by atoms with Gasteiger partial charge < -0.3 is 5.32 Å². The van der Waals surface area contributed by atoms with E-state index < -0.39 is 33.7 Å². The highest BCUT2D eigenvalue weighted by Gasteiger charge is 2.23. The summed E-state index contributed by atoms with van der Waals surface area (Å²) in [5.41, 5.74) is -0.109. The maximum absolute atomic E-state index is 13.6. The Morgan fingerprint density at radius 1 is 1.14 bits per heavy atom. The van der Waals surface area contributed by atoms with Crippen LogP contribution in [0.5, 0.6) is 0 Å². The minimum Gasteiger partial charge on any atom is -0.379 e. The number of nitro groups is 2. The zero-order valence-corrected chi connectivity index (χ0v) is 14.6. The lowest BCUT2D eigenvalue weighted by molar-refractivity contribution is -0.393. The van der Waals surface area contributed by atoms with E-state index in [-0.39, 0.29) is 18.1 Å². The van der Waals surface area contributed by atoms with Gasteiger partial charge in [-0.1, -0.05) is 19.1 Å². The summed E-state index contributed by atoms with van der Waals surface area (Å²) in [6.45, 7) is -1.07. The number of para-hydroxylation sites is 2. The molecule has 9 nitrogen and oxygen atoms in total. The van der Waals surface area contributed by atoms with Gasteiger partial charge in [0.25, 0.3) is 11.4 Å². The van der Waals surface area contributed by atoms with Gasteiger partial charge in [-0.2, -0.15) is 8.78 Å². The van der Waals surface area contributed by atoms with Crippen LogP contribution in [0.1, 0.15) is 25.2 Å². The topological polar surface area (TPSA) is 116 Å². The standard InChI is InChI=1S/C17H15F2N5O4/c1-10(16-21-13-4-2-3-5-14(13)22(16)17(18)19)9-20-12-7-6-11(23(25)26)8-15(12)24(27)28/h2-8,10,17,20H,9H2,1H3/t10-/m1/s1. The number of anilines is 1. The van der Waals surface area contributed by atoms with Crippen molar-refractivity contribution in [1.82, 2.24) is 9.55 Å². The van der Waals surface area contributed by atoms with Gasteiger partial charge in [-0.15, -0.1) is 0 Å². The molecule has 0 bridgehead atoms.